The van der Waals surface area contributed by atoms with Crippen molar-refractivity contribution in [3.63, 3.8) is 0 Å². The molecule has 0 aromatic carbocycles. The Labute approximate surface area is 102 Å². The normalized spacial score (nSPS) is 19.8. The van der Waals surface area contributed by atoms with E-state index in [2.05, 4.69) is 34.1 Å². The Morgan fingerprint density at radius 3 is 2.76 bits per heavy atom. The maximum absolute atomic E-state index is 5.52. The SMILES string of the molecule is CCc1nc(NN)c(C)c(N2CCCC2C)n1. The molecule has 1 fully saturated rings. The summed E-state index contributed by atoms with van der Waals surface area (Å²) in [6, 6.07) is 0.555. The Morgan fingerprint density at radius 2 is 2.24 bits per heavy atom. The maximum atomic E-state index is 5.52. The highest BCUT2D eigenvalue weighted by atomic mass is 15.3. The number of nitrogens with two attached hydrogens (primary N) is 1. The summed E-state index contributed by atoms with van der Waals surface area (Å²) >= 11 is 0. The molecule has 2 rings (SSSR count). The molecule has 5 nitrogen and oxygen atoms in total. The minimum Gasteiger partial charge on any atom is -0.354 e. The number of anilines is 2. The Kier molecular flexibility index (Phi) is 3.47. The molecule has 0 spiro atoms. The van der Waals surface area contributed by atoms with Crippen molar-refractivity contribution in [2.75, 3.05) is 16.9 Å². The fourth-order valence-electron chi connectivity index (χ4n) is 2.38. The lowest BCUT2D eigenvalue weighted by atomic mass is 10.2. The van der Waals surface area contributed by atoms with Gasteiger partial charge in [0.1, 0.15) is 17.5 Å². The fraction of sp³-hybridized carbons (Fsp3) is 0.667. The van der Waals surface area contributed by atoms with E-state index in [-0.39, 0.29) is 0 Å². The Hall–Kier alpha value is -1.36. The summed E-state index contributed by atoms with van der Waals surface area (Å²) in [5.41, 5.74) is 3.71. The molecule has 0 saturated carbocycles. The van der Waals surface area contributed by atoms with Crippen molar-refractivity contribution in [1.82, 2.24) is 9.97 Å². The van der Waals surface area contributed by atoms with Gasteiger partial charge in [0.05, 0.1) is 0 Å². The van der Waals surface area contributed by atoms with Gasteiger partial charge in [0.2, 0.25) is 0 Å². The molecule has 3 N–H and O–H groups in total. The van der Waals surface area contributed by atoms with Crippen LogP contribution in [0.1, 0.15) is 38.1 Å². The van der Waals surface area contributed by atoms with Crippen LogP contribution in [-0.4, -0.2) is 22.6 Å². The number of hydrogen-bond acceptors (Lipinski definition) is 5. The van der Waals surface area contributed by atoms with E-state index in [1.807, 2.05) is 6.92 Å². The van der Waals surface area contributed by atoms with Gasteiger partial charge in [-0.05, 0) is 26.7 Å². The molecule has 0 amide bonds. The van der Waals surface area contributed by atoms with Gasteiger partial charge in [-0.25, -0.2) is 15.8 Å². The molecule has 17 heavy (non-hydrogen) atoms. The highest BCUT2D eigenvalue weighted by Gasteiger charge is 2.24. The Balaban J connectivity index is 2.44. The van der Waals surface area contributed by atoms with Gasteiger partial charge >= 0.3 is 0 Å². The summed E-state index contributed by atoms with van der Waals surface area (Å²) < 4.78 is 0. The average molecular weight is 235 g/mol. The lowest BCUT2D eigenvalue weighted by Crippen LogP contribution is -2.29. The second-order valence-electron chi connectivity index (χ2n) is 4.62. The van der Waals surface area contributed by atoms with E-state index in [9.17, 15) is 0 Å². The number of aryl methyl sites for hydroxylation is 1. The fourth-order valence-corrected chi connectivity index (χ4v) is 2.38. The number of hydrogen-bond donors (Lipinski definition) is 2. The molecular weight excluding hydrogens is 214 g/mol. The second kappa shape index (κ2) is 4.87. The van der Waals surface area contributed by atoms with Crippen molar-refractivity contribution in [2.24, 2.45) is 5.84 Å². The molecule has 1 aliphatic heterocycles. The van der Waals surface area contributed by atoms with Crippen LogP contribution in [0, 0.1) is 6.92 Å². The van der Waals surface area contributed by atoms with E-state index in [1.54, 1.807) is 0 Å². The van der Waals surface area contributed by atoms with E-state index in [4.69, 9.17) is 5.84 Å². The van der Waals surface area contributed by atoms with Gasteiger partial charge in [0.25, 0.3) is 0 Å². The van der Waals surface area contributed by atoms with Crippen LogP contribution in [0.2, 0.25) is 0 Å². The molecule has 1 aromatic rings. The van der Waals surface area contributed by atoms with Crippen molar-refractivity contribution in [1.29, 1.82) is 0 Å². The average Bonchev–Trinajstić information content (AvgIpc) is 2.76. The van der Waals surface area contributed by atoms with Gasteiger partial charge in [-0.2, -0.15) is 0 Å². The standard InChI is InChI=1S/C12H21N5/c1-4-10-14-11(16-13)9(3)12(15-10)17-7-5-6-8(17)2/h8H,4-7,13H2,1-3H3,(H,14,15,16). The topological polar surface area (TPSA) is 67.1 Å². The molecule has 1 atom stereocenters. The first kappa shape index (κ1) is 12.1. The smallest absolute Gasteiger partial charge is 0.148 e. The monoisotopic (exact) mass is 235 g/mol. The molecule has 0 radical (unpaired) electrons. The van der Waals surface area contributed by atoms with E-state index in [1.165, 1.54) is 12.8 Å². The zero-order chi connectivity index (χ0) is 12.4. The first-order valence-corrected chi connectivity index (χ1v) is 6.28. The van der Waals surface area contributed by atoms with Gasteiger partial charge in [-0.1, -0.05) is 6.92 Å². The number of aromatic nitrogens is 2. The summed E-state index contributed by atoms with van der Waals surface area (Å²) in [6.45, 7) is 7.40. The molecule has 1 aliphatic rings. The lowest BCUT2D eigenvalue weighted by molar-refractivity contribution is 0.719. The minimum absolute atomic E-state index is 0.555. The van der Waals surface area contributed by atoms with Crippen LogP contribution < -0.4 is 16.2 Å². The van der Waals surface area contributed by atoms with E-state index in [0.29, 0.717) is 6.04 Å². The lowest BCUT2D eigenvalue weighted by Gasteiger charge is -2.25. The van der Waals surface area contributed by atoms with E-state index < -0.39 is 0 Å². The van der Waals surface area contributed by atoms with Crippen LogP contribution >= 0.6 is 0 Å². The summed E-state index contributed by atoms with van der Waals surface area (Å²) in [7, 11) is 0. The minimum atomic E-state index is 0.555. The van der Waals surface area contributed by atoms with Gasteiger partial charge < -0.3 is 10.3 Å². The van der Waals surface area contributed by atoms with Crippen molar-refractivity contribution >= 4 is 11.6 Å². The van der Waals surface area contributed by atoms with Crippen LogP contribution in [0.25, 0.3) is 0 Å². The quantitative estimate of drug-likeness (QED) is 0.615. The Morgan fingerprint density at radius 1 is 1.47 bits per heavy atom. The molecule has 94 valence electrons. The number of nitrogens with one attached hydrogen (secondary N) is 1. The third-order valence-electron chi connectivity index (χ3n) is 3.44. The first-order chi connectivity index (χ1) is 8.17. The molecule has 1 aromatic heterocycles. The number of nitrogen functional groups attached to an aromatic ring is 1. The van der Waals surface area contributed by atoms with Crippen LogP contribution in [-0.2, 0) is 6.42 Å². The number of hydrazine groups is 1. The molecular formula is C12H21N5. The highest BCUT2D eigenvalue weighted by Crippen LogP contribution is 2.29. The van der Waals surface area contributed by atoms with E-state index in [0.717, 1.165) is 36.0 Å². The van der Waals surface area contributed by atoms with Crippen molar-refractivity contribution in [2.45, 2.75) is 46.1 Å². The zero-order valence-electron chi connectivity index (χ0n) is 10.8. The Bertz CT molecular complexity index is 404. The van der Waals surface area contributed by atoms with Gasteiger partial charge in [-0.15, -0.1) is 0 Å². The maximum Gasteiger partial charge on any atom is 0.148 e. The summed E-state index contributed by atoms with van der Waals surface area (Å²) in [6.07, 6.45) is 3.29. The van der Waals surface area contributed by atoms with Gasteiger partial charge in [-0.3, -0.25) is 0 Å². The van der Waals surface area contributed by atoms with Crippen molar-refractivity contribution in [3.05, 3.63) is 11.4 Å². The predicted molar refractivity (Wildman–Crippen MR) is 70.0 cm³/mol. The van der Waals surface area contributed by atoms with Gasteiger partial charge in [0, 0.05) is 24.6 Å². The van der Waals surface area contributed by atoms with Crippen LogP contribution in [0.4, 0.5) is 11.6 Å². The summed E-state index contributed by atoms with van der Waals surface area (Å²) in [5, 5.41) is 0. The summed E-state index contributed by atoms with van der Waals surface area (Å²) in [5.74, 6) is 8.14. The molecule has 2 heterocycles. The third kappa shape index (κ3) is 2.20. The molecule has 5 heteroatoms. The molecule has 0 bridgehead atoms. The second-order valence-corrected chi connectivity index (χ2v) is 4.62. The van der Waals surface area contributed by atoms with Crippen molar-refractivity contribution in [3.8, 4) is 0 Å². The molecule has 1 unspecified atom stereocenters. The van der Waals surface area contributed by atoms with Gasteiger partial charge in [0.15, 0.2) is 0 Å². The first-order valence-electron chi connectivity index (χ1n) is 6.28. The zero-order valence-corrected chi connectivity index (χ0v) is 10.8. The molecule has 1 saturated heterocycles. The van der Waals surface area contributed by atoms with Crippen LogP contribution in [0.5, 0.6) is 0 Å². The largest absolute Gasteiger partial charge is 0.354 e. The third-order valence-corrected chi connectivity index (χ3v) is 3.44. The number of rotatable bonds is 3. The highest BCUT2D eigenvalue weighted by molar-refractivity contribution is 5.59. The van der Waals surface area contributed by atoms with E-state index >= 15 is 0 Å². The summed E-state index contributed by atoms with van der Waals surface area (Å²) in [4.78, 5) is 11.4. The van der Waals surface area contributed by atoms with Crippen LogP contribution in [0.3, 0.4) is 0 Å². The molecule has 0 aliphatic carbocycles. The van der Waals surface area contributed by atoms with Crippen molar-refractivity contribution < 1.29 is 0 Å². The number of nitrogens with zero attached hydrogens (tertiary/aromatic N) is 3. The predicted octanol–water partition coefficient (Wildman–Crippen LogP) is 1.62. The van der Waals surface area contributed by atoms with Crippen LogP contribution in [0.15, 0.2) is 0 Å².